The minimum absolute atomic E-state index is 0.243. The lowest BCUT2D eigenvalue weighted by atomic mass is 9.87. The van der Waals surface area contributed by atoms with Crippen molar-refractivity contribution in [2.75, 3.05) is 0 Å². The summed E-state index contributed by atoms with van der Waals surface area (Å²) in [6.45, 7) is 9.22. The first-order valence-corrected chi connectivity index (χ1v) is 13.9. The minimum Gasteiger partial charge on any atom is -0.307 e. The van der Waals surface area contributed by atoms with Gasteiger partial charge in [0.05, 0.1) is 22.1 Å². The summed E-state index contributed by atoms with van der Waals surface area (Å²) in [5, 5.41) is 8.89. The molecule has 0 saturated carbocycles. The van der Waals surface area contributed by atoms with Crippen molar-refractivity contribution in [2.24, 2.45) is 5.41 Å². The summed E-state index contributed by atoms with van der Waals surface area (Å²) in [4.78, 5) is 5.03. The average Bonchev–Trinajstić information content (AvgIpc) is 3.27. The predicted octanol–water partition coefficient (Wildman–Crippen LogP) is 10.1. The van der Waals surface area contributed by atoms with Gasteiger partial charge in [-0.1, -0.05) is 99.6 Å². The summed E-state index contributed by atoms with van der Waals surface area (Å²) < 4.78 is 2.55. The highest BCUT2D eigenvalue weighted by atomic mass is 14.9. The largest absolute Gasteiger partial charge is 0.307 e. The molecule has 2 heteroatoms. The van der Waals surface area contributed by atoms with Crippen LogP contribution in [0, 0.1) is 12.3 Å². The van der Waals surface area contributed by atoms with Gasteiger partial charge < -0.3 is 4.40 Å². The molecule has 0 saturated heterocycles. The lowest BCUT2D eigenvalue weighted by molar-refractivity contribution is 0.411. The van der Waals surface area contributed by atoms with E-state index in [1.54, 1.807) is 0 Å². The number of rotatable bonds is 2. The molecule has 0 aliphatic heterocycles. The van der Waals surface area contributed by atoms with E-state index in [0.29, 0.717) is 0 Å². The van der Waals surface area contributed by atoms with Crippen LogP contribution in [0.5, 0.6) is 0 Å². The Hall–Kier alpha value is -4.43. The maximum atomic E-state index is 5.03. The highest BCUT2D eigenvalue weighted by Crippen LogP contribution is 2.45. The van der Waals surface area contributed by atoms with Crippen LogP contribution in [0.25, 0.3) is 70.9 Å². The highest BCUT2D eigenvalue weighted by molar-refractivity contribution is 6.29. The van der Waals surface area contributed by atoms with E-state index in [0.717, 1.165) is 11.9 Å². The van der Waals surface area contributed by atoms with E-state index in [1.165, 1.54) is 76.5 Å². The molecular formula is C37H30N2. The smallest absolute Gasteiger partial charge is 0.0823 e. The molecule has 8 rings (SSSR count). The van der Waals surface area contributed by atoms with Crippen LogP contribution in [0.2, 0.25) is 0 Å². The van der Waals surface area contributed by atoms with Crippen LogP contribution in [0.15, 0.2) is 97.2 Å². The summed E-state index contributed by atoms with van der Waals surface area (Å²) in [5.74, 6) is 0. The lowest BCUT2D eigenvalue weighted by Gasteiger charge is -2.20. The lowest BCUT2D eigenvalue weighted by Crippen LogP contribution is -2.09. The van der Waals surface area contributed by atoms with E-state index in [4.69, 9.17) is 4.98 Å². The molecule has 39 heavy (non-hydrogen) atoms. The Morgan fingerprint density at radius 1 is 0.667 bits per heavy atom. The Labute approximate surface area is 227 Å². The van der Waals surface area contributed by atoms with Gasteiger partial charge in [-0.15, -0.1) is 0 Å². The maximum absolute atomic E-state index is 5.03. The molecule has 3 aromatic heterocycles. The van der Waals surface area contributed by atoms with Crippen LogP contribution >= 0.6 is 0 Å². The van der Waals surface area contributed by atoms with Crippen LogP contribution in [-0.2, 0) is 6.42 Å². The molecule has 2 nitrogen and oxygen atoms in total. The predicted molar refractivity (Wildman–Crippen MR) is 167 cm³/mol. The third kappa shape index (κ3) is 3.18. The normalized spacial score (nSPS) is 12.7. The zero-order valence-electron chi connectivity index (χ0n) is 22.8. The highest BCUT2D eigenvalue weighted by Gasteiger charge is 2.22. The standard InChI is InChI=1S/C37H30N2/c1-22-27-15-13-23(21-37(2,3)4)19-26(27)20-31-33-32-25(17-18-38-33)14-16-30-29-12-8-11-28(24-9-6-5-7-10-24)35(29)39(34(22)31)36(30)32/h5-20H,21H2,1-4H3. The number of aryl methyl sites for hydroxylation is 1. The first-order valence-electron chi connectivity index (χ1n) is 13.9. The number of aromatic nitrogens is 2. The number of hydrogen-bond donors (Lipinski definition) is 0. The van der Waals surface area contributed by atoms with Crippen molar-refractivity contribution in [3.05, 3.63) is 108 Å². The molecule has 188 valence electrons. The van der Waals surface area contributed by atoms with Crippen molar-refractivity contribution in [2.45, 2.75) is 34.1 Å². The second kappa shape index (κ2) is 7.80. The van der Waals surface area contributed by atoms with Crippen molar-refractivity contribution in [3.8, 4) is 11.1 Å². The maximum Gasteiger partial charge on any atom is 0.0823 e. The summed E-state index contributed by atoms with van der Waals surface area (Å²) in [7, 11) is 0. The quantitative estimate of drug-likeness (QED) is 0.170. The molecule has 0 fully saturated rings. The molecule has 8 aromatic rings. The Balaban J connectivity index is 1.63. The van der Waals surface area contributed by atoms with Crippen molar-refractivity contribution < 1.29 is 0 Å². The van der Waals surface area contributed by atoms with Gasteiger partial charge in [-0.3, -0.25) is 4.98 Å². The average molecular weight is 503 g/mol. The summed E-state index contributed by atoms with van der Waals surface area (Å²) in [5.41, 5.74) is 10.3. The molecule has 5 aromatic carbocycles. The van der Waals surface area contributed by atoms with Gasteiger partial charge in [-0.05, 0) is 63.7 Å². The van der Waals surface area contributed by atoms with Gasteiger partial charge in [0.15, 0.2) is 0 Å². The van der Waals surface area contributed by atoms with Crippen LogP contribution in [0.4, 0.5) is 0 Å². The van der Waals surface area contributed by atoms with Gasteiger partial charge in [-0.2, -0.15) is 0 Å². The zero-order valence-corrected chi connectivity index (χ0v) is 22.8. The molecule has 0 amide bonds. The van der Waals surface area contributed by atoms with E-state index in [-0.39, 0.29) is 5.41 Å². The topological polar surface area (TPSA) is 17.3 Å². The van der Waals surface area contributed by atoms with Gasteiger partial charge >= 0.3 is 0 Å². The van der Waals surface area contributed by atoms with E-state index in [1.807, 2.05) is 6.20 Å². The SMILES string of the molecule is Cc1c2ccc(CC(C)(C)C)cc2cc2c3nccc4ccc5c6cccc(-c7ccccc7)c6n(c12)c5c43. The first-order chi connectivity index (χ1) is 18.9. The second-order valence-corrected chi connectivity index (χ2v) is 12.3. The Bertz CT molecular complexity index is 2230. The van der Waals surface area contributed by atoms with E-state index in [9.17, 15) is 0 Å². The monoisotopic (exact) mass is 502 g/mol. The van der Waals surface area contributed by atoms with Gasteiger partial charge in [0.2, 0.25) is 0 Å². The Morgan fingerprint density at radius 3 is 2.28 bits per heavy atom. The Kier molecular flexibility index (Phi) is 4.51. The van der Waals surface area contributed by atoms with Gasteiger partial charge in [0.1, 0.15) is 0 Å². The Morgan fingerprint density at radius 2 is 1.46 bits per heavy atom. The molecule has 0 aliphatic carbocycles. The fourth-order valence-corrected chi connectivity index (χ4v) is 6.91. The summed E-state index contributed by atoms with van der Waals surface area (Å²) in [6.07, 6.45) is 3.02. The molecular weight excluding hydrogens is 472 g/mol. The molecule has 0 unspecified atom stereocenters. The number of nitrogens with zero attached hydrogens (tertiary/aromatic N) is 2. The fraction of sp³-hybridized carbons (Fsp3) is 0.162. The number of fused-ring (bicyclic) bond motifs is 7. The molecule has 0 aliphatic rings. The fourth-order valence-electron chi connectivity index (χ4n) is 6.91. The molecule has 0 N–H and O–H groups in total. The molecule has 0 atom stereocenters. The number of benzene rings is 5. The van der Waals surface area contributed by atoms with Crippen LogP contribution < -0.4 is 0 Å². The third-order valence-electron chi connectivity index (χ3n) is 8.41. The third-order valence-corrected chi connectivity index (χ3v) is 8.41. The minimum atomic E-state index is 0.243. The first kappa shape index (κ1) is 22.5. The van der Waals surface area contributed by atoms with Crippen LogP contribution in [0.3, 0.4) is 0 Å². The van der Waals surface area contributed by atoms with Gasteiger partial charge in [0.25, 0.3) is 0 Å². The van der Waals surface area contributed by atoms with E-state index >= 15 is 0 Å². The molecule has 0 bridgehead atoms. The zero-order chi connectivity index (χ0) is 26.5. The van der Waals surface area contributed by atoms with Crippen molar-refractivity contribution >= 4 is 59.8 Å². The summed E-state index contributed by atoms with van der Waals surface area (Å²) in [6, 6.07) is 33.7. The van der Waals surface area contributed by atoms with Crippen molar-refractivity contribution in [3.63, 3.8) is 0 Å². The van der Waals surface area contributed by atoms with E-state index < -0.39 is 0 Å². The van der Waals surface area contributed by atoms with Gasteiger partial charge in [0, 0.05) is 33.3 Å². The van der Waals surface area contributed by atoms with Crippen molar-refractivity contribution in [1.29, 1.82) is 0 Å². The summed E-state index contributed by atoms with van der Waals surface area (Å²) >= 11 is 0. The molecule has 3 heterocycles. The van der Waals surface area contributed by atoms with E-state index in [2.05, 4.69) is 123 Å². The molecule has 0 radical (unpaired) electrons. The van der Waals surface area contributed by atoms with Crippen LogP contribution in [-0.4, -0.2) is 9.38 Å². The van der Waals surface area contributed by atoms with Crippen molar-refractivity contribution in [1.82, 2.24) is 9.38 Å². The number of para-hydroxylation sites is 1. The molecule has 0 spiro atoms. The number of pyridine rings is 2. The number of hydrogen-bond acceptors (Lipinski definition) is 1. The second-order valence-electron chi connectivity index (χ2n) is 12.3. The van der Waals surface area contributed by atoms with Gasteiger partial charge in [-0.25, -0.2) is 0 Å². The van der Waals surface area contributed by atoms with Crippen LogP contribution in [0.1, 0.15) is 31.9 Å².